The standard InChI is InChI=1S/C9H7ClN2O/c10-8(9-11-6-12-13-9)7-4-2-1-3-5-7/h1-6,8H/t8-/m1/s1. The van der Waals surface area contributed by atoms with E-state index in [4.69, 9.17) is 16.1 Å². The van der Waals surface area contributed by atoms with Crippen LogP contribution in [0.25, 0.3) is 0 Å². The van der Waals surface area contributed by atoms with Gasteiger partial charge in [0.25, 0.3) is 0 Å². The molecular weight excluding hydrogens is 188 g/mol. The molecule has 0 radical (unpaired) electrons. The number of alkyl halides is 1. The van der Waals surface area contributed by atoms with Crippen molar-refractivity contribution in [2.24, 2.45) is 0 Å². The van der Waals surface area contributed by atoms with Gasteiger partial charge in [0.05, 0.1) is 0 Å². The molecule has 2 rings (SSSR count). The molecule has 0 amide bonds. The Morgan fingerprint density at radius 2 is 2.00 bits per heavy atom. The average molecular weight is 195 g/mol. The number of nitrogens with zero attached hydrogens (tertiary/aromatic N) is 2. The SMILES string of the molecule is Cl[C@H](c1ccccc1)c1ncno1. The van der Waals surface area contributed by atoms with Crippen molar-refractivity contribution in [3.8, 4) is 0 Å². The first-order valence-electron chi connectivity index (χ1n) is 3.83. The fourth-order valence-corrected chi connectivity index (χ4v) is 1.30. The fourth-order valence-electron chi connectivity index (χ4n) is 1.06. The molecule has 0 bridgehead atoms. The van der Waals surface area contributed by atoms with Gasteiger partial charge in [-0.3, -0.25) is 0 Å². The van der Waals surface area contributed by atoms with Crippen LogP contribution >= 0.6 is 11.6 Å². The third kappa shape index (κ3) is 1.70. The maximum Gasteiger partial charge on any atom is 0.248 e. The third-order valence-corrected chi connectivity index (χ3v) is 2.13. The van der Waals surface area contributed by atoms with Crippen LogP contribution in [0.5, 0.6) is 0 Å². The molecule has 3 nitrogen and oxygen atoms in total. The van der Waals surface area contributed by atoms with Crippen LogP contribution in [0.3, 0.4) is 0 Å². The summed E-state index contributed by atoms with van der Waals surface area (Å²) >= 11 is 6.08. The number of aromatic nitrogens is 2. The van der Waals surface area contributed by atoms with Crippen LogP contribution in [-0.2, 0) is 0 Å². The van der Waals surface area contributed by atoms with E-state index in [1.165, 1.54) is 6.33 Å². The fraction of sp³-hybridized carbons (Fsp3) is 0.111. The molecule has 0 aliphatic carbocycles. The van der Waals surface area contributed by atoms with Crippen molar-refractivity contribution in [1.29, 1.82) is 0 Å². The Morgan fingerprint density at radius 1 is 1.23 bits per heavy atom. The van der Waals surface area contributed by atoms with Gasteiger partial charge in [0.2, 0.25) is 5.89 Å². The van der Waals surface area contributed by atoms with Crippen molar-refractivity contribution in [1.82, 2.24) is 10.1 Å². The summed E-state index contributed by atoms with van der Waals surface area (Å²) in [6.45, 7) is 0. The van der Waals surface area contributed by atoms with Gasteiger partial charge in [-0.2, -0.15) is 4.98 Å². The topological polar surface area (TPSA) is 38.9 Å². The van der Waals surface area contributed by atoms with E-state index in [2.05, 4.69) is 10.1 Å². The number of halogens is 1. The van der Waals surface area contributed by atoms with Crippen LogP contribution in [0.4, 0.5) is 0 Å². The molecule has 0 aliphatic rings. The van der Waals surface area contributed by atoms with Crippen LogP contribution in [0, 0.1) is 0 Å². The van der Waals surface area contributed by atoms with Crippen molar-refractivity contribution in [3.63, 3.8) is 0 Å². The number of rotatable bonds is 2. The monoisotopic (exact) mass is 194 g/mol. The molecule has 0 spiro atoms. The molecule has 1 aromatic heterocycles. The Hall–Kier alpha value is -1.35. The van der Waals surface area contributed by atoms with Gasteiger partial charge in [0.15, 0.2) is 6.33 Å². The molecule has 0 N–H and O–H groups in total. The van der Waals surface area contributed by atoms with E-state index in [1.54, 1.807) is 0 Å². The summed E-state index contributed by atoms with van der Waals surface area (Å²) in [7, 11) is 0. The van der Waals surface area contributed by atoms with Crippen LogP contribution < -0.4 is 0 Å². The normalized spacial score (nSPS) is 12.7. The molecule has 2 aromatic rings. The van der Waals surface area contributed by atoms with Gasteiger partial charge in [-0.1, -0.05) is 35.5 Å². The van der Waals surface area contributed by atoms with Gasteiger partial charge in [0.1, 0.15) is 5.38 Å². The molecule has 0 aliphatic heterocycles. The molecule has 13 heavy (non-hydrogen) atoms. The molecular formula is C9H7ClN2O. The molecule has 0 saturated carbocycles. The summed E-state index contributed by atoms with van der Waals surface area (Å²) in [6.07, 6.45) is 1.34. The first-order chi connectivity index (χ1) is 6.38. The van der Waals surface area contributed by atoms with E-state index in [1.807, 2.05) is 30.3 Å². The Kier molecular flexibility index (Phi) is 2.27. The lowest BCUT2D eigenvalue weighted by atomic mass is 10.1. The first-order valence-corrected chi connectivity index (χ1v) is 4.27. The van der Waals surface area contributed by atoms with Crippen LogP contribution in [0.1, 0.15) is 16.8 Å². The Bertz CT molecular complexity index is 360. The van der Waals surface area contributed by atoms with Gasteiger partial charge in [-0.15, -0.1) is 11.6 Å². The minimum Gasteiger partial charge on any atom is -0.338 e. The zero-order valence-electron chi connectivity index (χ0n) is 6.72. The Morgan fingerprint density at radius 3 is 2.62 bits per heavy atom. The average Bonchev–Trinajstić information content (AvgIpc) is 2.71. The molecule has 1 atom stereocenters. The Balaban J connectivity index is 2.29. The molecule has 1 heterocycles. The highest BCUT2D eigenvalue weighted by Crippen LogP contribution is 2.25. The van der Waals surface area contributed by atoms with Crippen molar-refractivity contribution >= 4 is 11.6 Å². The van der Waals surface area contributed by atoms with E-state index < -0.39 is 0 Å². The molecule has 0 unspecified atom stereocenters. The summed E-state index contributed by atoms with van der Waals surface area (Å²) in [4.78, 5) is 3.88. The highest BCUT2D eigenvalue weighted by molar-refractivity contribution is 6.22. The summed E-state index contributed by atoms with van der Waals surface area (Å²) in [6, 6.07) is 9.60. The first kappa shape index (κ1) is 8.26. The molecule has 4 heteroatoms. The second-order valence-electron chi connectivity index (χ2n) is 2.55. The molecule has 0 saturated heterocycles. The Labute approximate surface area is 80.3 Å². The lowest BCUT2D eigenvalue weighted by Crippen LogP contribution is -1.92. The van der Waals surface area contributed by atoms with Crippen LogP contribution in [0.15, 0.2) is 41.2 Å². The minimum absolute atomic E-state index is 0.358. The summed E-state index contributed by atoms with van der Waals surface area (Å²) < 4.78 is 4.86. The lowest BCUT2D eigenvalue weighted by molar-refractivity contribution is 0.381. The van der Waals surface area contributed by atoms with E-state index in [0.29, 0.717) is 5.89 Å². The van der Waals surface area contributed by atoms with Gasteiger partial charge < -0.3 is 4.52 Å². The highest BCUT2D eigenvalue weighted by atomic mass is 35.5. The zero-order chi connectivity index (χ0) is 9.10. The van der Waals surface area contributed by atoms with Gasteiger partial charge in [-0.25, -0.2) is 0 Å². The maximum absolute atomic E-state index is 6.08. The second-order valence-corrected chi connectivity index (χ2v) is 2.99. The van der Waals surface area contributed by atoms with Gasteiger partial charge >= 0.3 is 0 Å². The summed E-state index contributed by atoms with van der Waals surface area (Å²) in [5.74, 6) is 0.424. The predicted molar refractivity (Wildman–Crippen MR) is 48.4 cm³/mol. The highest BCUT2D eigenvalue weighted by Gasteiger charge is 2.14. The van der Waals surface area contributed by atoms with Crippen LogP contribution in [0.2, 0.25) is 0 Å². The number of hydrogen-bond acceptors (Lipinski definition) is 3. The zero-order valence-corrected chi connectivity index (χ0v) is 7.48. The smallest absolute Gasteiger partial charge is 0.248 e. The summed E-state index contributed by atoms with van der Waals surface area (Å²) in [5.41, 5.74) is 0.952. The maximum atomic E-state index is 6.08. The molecule has 66 valence electrons. The van der Waals surface area contributed by atoms with E-state index >= 15 is 0 Å². The van der Waals surface area contributed by atoms with Gasteiger partial charge in [0, 0.05) is 0 Å². The van der Waals surface area contributed by atoms with Crippen molar-refractivity contribution in [3.05, 3.63) is 48.1 Å². The number of benzene rings is 1. The van der Waals surface area contributed by atoms with E-state index in [0.717, 1.165) is 5.56 Å². The van der Waals surface area contributed by atoms with E-state index in [9.17, 15) is 0 Å². The third-order valence-electron chi connectivity index (χ3n) is 1.69. The van der Waals surface area contributed by atoms with Crippen LogP contribution in [-0.4, -0.2) is 10.1 Å². The van der Waals surface area contributed by atoms with Gasteiger partial charge in [-0.05, 0) is 5.56 Å². The lowest BCUT2D eigenvalue weighted by Gasteiger charge is -2.02. The quantitative estimate of drug-likeness (QED) is 0.690. The largest absolute Gasteiger partial charge is 0.338 e. The molecule has 1 aromatic carbocycles. The van der Waals surface area contributed by atoms with Crippen molar-refractivity contribution < 1.29 is 4.52 Å². The van der Waals surface area contributed by atoms with Crippen molar-refractivity contribution in [2.45, 2.75) is 5.38 Å². The second kappa shape index (κ2) is 3.58. The van der Waals surface area contributed by atoms with E-state index in [-0.39, 0.29) is 5.38 Å². The van der Waals surface area contributed by atoms with Crippen molar-refractivity contribution in [2.75, 3.05) is 0 Å². The number of hydrogen-bond donors (Lipinski definition) is 0. The predicted octanol–water partition coefficient (Wildman–Crippen LogP) is 2.40. The minimum atomic E-state index is -0.358. The molecule has 0 fully saturated rings. The summed E-state index contributed by atoms with van der Waals surface area (Å²) in [5, 5.41) is 3.14.